The molecule has 0 amide bonds. The van der Waals surface area contributed by atoms with Crippen molar-refractivity contribution in [3.8, 4) is 11.4 Å². The molecule has 7 nitrogen and oxygen atoms in total. The Morgan fingerprint density at radius 3 is 2.92 bits per heavy atom. The number of hydrogen-bond donors (Lipinski definition) is 0. The van der Waals surface area contributed by atoms with Gasteiger partial charge in [-0.05, 0) is 26.3 Å². The van der Waals surface area contributed by atoms with Crippen molar-refractivity contribution in [2.45, 2.75) is 44.8 Å². The second-order valence-electron chi connectivity index (χ2n) is 6.50. The summed E-state index contributed by atoms with van der Waals surface area (Å²) in [5.41, 5.74) is 0.975. The molecule has 4 rings (SSSR count). The Bertz CT molecular complexity index is 785. The van der Waals surface area contributed by atoms with Crippen LogP contribution in [-0.2, 0) is 6.54 Å². The molecule has 3 aromatic rings. The first kappa shape index (κ1) is 16.0. The number of hydrogen-bond acceptors (Lipinski definition) is 6. The first-order chi connectivity index (χ1) is 12.3. The van der Waals surface area contributed by atoms with E-state index in [0.717, 1.165) is 25.1 Å². The smallest absolute Gasteiger partial charge is 0.244 e. The predicted molar refractivity (Wildman–Crippen MR) is 92.5 cm³/mol. The molecule has 0 saturated carbocycles. The average Bonchev–Trinajstić information content (AvgIpc) is 3.34. The number of likely N-dealkylation sites (tertiary alicyclic amines) is 1. The molecular weight excluding hydrogens is 316 g/mol. The molecular formula is C18H22N6O. The minimum Gasteiger partial charge on any atom is -0.337 e. The average molecular weight is 338 g/mol. The summed E-state index contributed by atoms with van der Waals surface area (Å²) < 4.78 is 7.48. The highest BCUT2D eigenvalue weighted by Gasteiger charge is 2.30. The SMILES string of the molecule is C[C@@H](c1nc(-c2ccccc2)no1)N1CCCC[C@@H]1Cn1cncn1. The summed E-state index contributed by atoms with van der Waals surface area (Å²) in [6, 6.07) is 10.4. The van der Waals surface area contributed by atoms with Gasteiger partial charge in [0, 0.05) is 11.6 Å². The maximum Gasteiger partial charge on any atom is 0.244 e. The van der Waals surface area contributed by atoms with E-state index in [4.69, 9.17) is 4.52 Å². The molecule has 3 heterocycles. The van der Waals surface area contributed by atoms with Gasteiger partial charge in [-0.15, -0.1) is 0 Å². The molecule has 2 aromatic heterocycles. The van der Waals surface area contributed by atoms with Crippen molar-refractivity contribution in [2.24, 2.45) is 0 Å². The zero-order chi connectivity index (χ0) is 17.1. The Morgan fingerprint density at radius 2 is 2.12 bits per heavy atom. The summed E-state index contributed by atoms with van der Waals surface area (Å²) in [5.74, 6) is 1.32. The van der Waals surface area contributed by atoms with E-state index >= 15 is 0 Å². The van der Waals surface area contributed by atoms with E-state index in [0.29, 0.717) is 17.8 Å². The molecule has 0 aliphatic carbocycles. The van der Waals surface area contributed by atoms with Crippen LogP contribution >= 0.6 is 0 Å². The molecule has 1 aliphatic heterocycles. The van der Waals surface area contributed by atoms with Crippen molar-refractivity contribution in [1.82, 2.24) is 29.8 Å². The third-order valence-electron chi connectivity index (χ3n) is 4.87. The van der Waals surface area contributed by atoms with Gasteiger partial charge in [0.05, 0.1) is 12.6 Å². The maximum absolute atomic E-state index is 5.58. The lowest BCUT2D eigenvalue weighted by Gasteiger charge is -2.38. The molecule has 7 heteroatoms. The second-order valence-corrected chi connectivity index (χ2v) is 6.50. The van der Waals surface area contributed by atoms with Crippen LogP contribution in [0, 0.1) is 0 Å². The lowest BCUT2D eigenvalue weighted by Crippen LogP contribution is -2.43. The molecule has 25 heavy (non-hydrogen) atoms. The molecule has 2 atom stereocenters. The van der Waals surface area contributed by atoms with Gasteiger partial charge >= 0.3 is 0 Å². The quantitative estimate of drug-likeness (QED) is 0.712. The molecule has 1 saturated heterocycles. The molecule has 130 valence electrons. The highest BCUT2D eigenvalue weighted by atomic mass is 16.5. The van der Waals surface area contributed by atoms with Gasteiger partial charge in [0.15, 0.2) is 0 Å². The monoisotopic (exact) mass is 338 g/mol. The van der Waals surface area contributed by atoms with Crippen LogP contribution in [0.3, 0.4) is 0 Å². The summed E-state index contributed by atoms with van der Waals surface area (Å²) in [4.78, 5) is 11.1. The van der Waals surface area contributed by atoms with E-state index < -0.39 is 0 Å². The molecule has 0 spiro atoms. The third-order valence-corrected chi connectivity index (χ3v) is 4.87. The zero-order valence-electron chi connectivity index (χ0n) is 14.3. The Hall–Kier alpha value is -2.54. The van der Waals surface area contributed by atoms with E-state index in [1.54, 1.807) is 12.7 Å². The topological polar surface area (TPSA) is 72.9 Å². The Balaban J connectivity index is 1.52. The van der Waals surface area contributed by atoms with Crippen molar-refractivity contribution in [3.05, 3.63) is 48.9 Å². The van der Waals surface area contributed by atoms with Crippen LogP contribution in [0.5, 0.6) is 0 Å². The number of benzene rings is 1. The van der Waals surface area contributed by atoms with Crippen LogP contribution in [0.4, 0.5) is 0 Å². The van der Waals surface area contributed by atoms with Gasteiger partial charge in [-0.2, -0.15) is 10.1 Å². The van der Waals surface area contributed by atoms with Crippen molar-refractivity contribution >= 4 is 0 Å². The summed E-state index contributed by atoms with van der Waals surface area (Å²) in [6.45, 7) is 4.01. The van der Waals surface area contributed by atoms with Crippen LogP contribution in [-0.4, -0.2) is 42.4 Å². The van der Waals surface area contributed by atoms with Gasteiger partial charge in [0.25, 0.3) is 0 Å². The van der Waals surface area contributed by atoms with Gasteiger partial charge in [-0.3, -0.25) is 9.58 Å². The van der Waals surface area contributed by atoms with Crippen LogP contribution < -0.4 is 0 Å². The molecule has 0 unspecified atom stereocenters. The summed E-state index contributed by atoms with van der Waals surface area (Å²) in [7, 11) is 0. The lowest BCUT2D eigenvalue weighted by molar-refractivity contribution is 0.0719. The number of nitrogens with zero attached hydrogens (tertiary/aromatic N) is 6. The summed E-state index contributed by atoms with van der Waals surface area (Å²) >= 11 is 0. The van der Waals surface area contributed by atoms with Gasteiger partial charge in [0.1, 0.15) is 12.7 Å². The fourth-order valence-corrected chi connectivity index (χ4v) is 3.52. The Labute approximate surface area is 146 Å². The molecule has 1 aromatic carbocycles. The standard InChI is InChI=1S/C18H22N6O/c1-14(18-21-17(22-25-18)15-7-3-2-4-8-15)24-10-6-5-9-16(24)11-23-13-19-12-20-23/h2-4,7-8,12-14,16H,5-6,9-11H2,1H3/t14-,16+/m0/s1. The summed E-state index contributed by atoms with van der Waals surface area (Å²) in [5, 5.41) is 8.41. The molecule has 1 aliphatic rings. The molecule has 0 N–H and O–H groups in total. The van der Waals surface area contributed by atoms with Crippen LogP contribution in [0.25, 0.3) is 11.4 Å². The lowest BCUT2D eigenvalue weighted by atomic mass is 10.00. The normalized spacial score (nSPS) is 19.8. The number of rotatable bonds is 5. The molecule has 1 fully saturated rings. The first-order valence-corrected chi connectivity index (χ1v) is 8.78. The van der Waals surface area contributed by atoms with Gasteiger partial charge in [0.2, 0.25) is 11.7 Å². The fourth-order valence-electron chi connectivity index (χ4n) is 3.52. The van der Waals surface area contributed by atoms with Gasteiger partial charge in [-0.25, -0.2) is 4.98 Å². The van der Waals surface area contributed by atoms with Crippen LogP contribution in [0.1, 0.15) is 38.1 Å². The van der Waals surface area contributed by atoms with Gasteiger partial charge < -0.3 is 4.52 Å². The second kappa shape index (κ2) is 7.14. The van der Waals surface area contributed by atoms with Crippen molar-refractivity contribution in [1.29, 1.82) is 0 Å². The minimum atomic E-state index is 0.0822. The van der Waals surface area contributed by atoms with Crippen molar-refractivity contribution in [3.63, 3.8) is 0 Å². The highest BCUT2D eigenvalue weighted by Crippen LogP contribution is 2.29. The predicted octanol–water partition coefficient (Wildman–Crippen LogP) is 2.94. The zero-order valence-corrected chi connectivity index (χ0v) is 14.3. The number of piperidine rings is 1. The van der Waals surface area contributed by atoms with E-state index in [2.05, 4.69) is 32.0 Å². The highest BCUT2D eigenvalue weighted by molar-refractivity contribution is 5.53. The van der Waals surface area contributed by atoms with Crippen LogP contribution in [0.15, 0.2) is 47.5 Å². The van der Waals surface area contributed by atoms with Crippen molar-refractivity contribution in [2.75, 3.05) is 6.54 Å². The maximum atomic E-state index is 5.58. The van der Waals surface area contributed by atoms with E-state index in [1.807, 2.05) is 35.0 Å². The van der Waals surface area contributed by atoms with Gasteiger partial charge in [-0.1, -0.05) is 41.9 Å². The third kappa shape index (κ3) is 3.46. The fraction of sp³-hybridized carbons (Fsp3) is 0.444. The van der Waals surface area contributed by atoms with Crippen molar-refractivity contribution < 1.29 is 4.52 Å². The number of aromatic nitrogens is 5. The van der Waals surface area contributed by atoms with Crippen LogP contribution in [0.2, 0.25) is 0 Å². The Morgan fingerprint density at radius 1 is 1.24 bits per heavy atom. The summed E-state index contributed by atoms with van der Waals surface area (Å²) in [6.07, 6.45) is 6.93. The Kier molecular flexibility index (Phi) is 4.56. The minimum absolute atomic E-state index is 0.0822. The van der Waals surface area contributed by atoms with E-state index in [1.165, 1.54) is 12.8 Å². The largest absolute Gasteiger partial charge is 0.337 e. The van der Waals surface area contributed by atoms with E-state index in [-0.39, 0.29) is 6.04 Å². The molecule has 0 radical (unpaired) electrons. The molecule has 0 bridgehead atoms. The first-order valence-electron chi connectivity index (χ1n) is 8.78. The van der Waals surface area contributed by atoms with E-state index in [9.17, 15) is 0 Å².